The van der Waals surface area contributed by atoms with Crippen LogP contribution in [0.5, 0.6) is 0 Å². The van der Waals surface area contributed by atoms with Gasteiger partial charge < -0.3 is 5.11 Å². The van der Waals surface area contributed by atoms with Crippen molar-refractivity contribution in [3.05, 3.63) is 41.5 Å². The summed E-state index contributed by atoms with van der Waals surface area (Å²) in [4.78, 5) is 0. The molecule has 2 rings (SSSR count). The first-order chi connectivity index (χ1) is 7.29. The van der Waals surface area contributed by atoms with Gasteiger partial charge in [0.2, 0.25) is 0 Å². The zero-order valence-corrected chi connectivity index (χ0v) is 9.24. The van der Waals surface area contributed by atoms with Crippen molar-refractivity contribution in [1.29, 1.82) is 0 Å². The third kappa shape index (κ3) is 2.48. The van der Waals surface area contributed by atoms with Crippen molar-refractivity contribution in [2.75, 3.05) is 0 Å². The van der Waals surface area contributed by atoms with Crippen molar-refractivity contribution in [3.63, 3.8) is 0 Å². The molecule has 15 heavy (non-hydrogen) atoms. The molecule has 0 spiro atoms. The number of aryl methyl sites for hydroxylation is 1. The maximum atomic E-state index is 9.46. The van der Waals surface area contributed by atoms with Gasteiger partial charge in [-0.3, -0.25) is 0 Å². The van der Waals surface area contributed by atoms with Crippen molar-refractivity contribution < 1.29 is 5.11 Å². The molecule has 0 saturated carbocycles. The highest BCUT2D eigenvalue weighted by molar-refractivity contribution is 5.68. The molecule has 1 N–H and O–H groups in total. The Labute approximate surface area is 91.4 Å². The fourth-order valence-corrected chi connectivity index (χ4v) is 2.16. The number of rotatable bonds is 3. The van der Waals surface area contributed by atoms with Gasteiger partial charge in [-0.05, 0) is 36.0 Å². The molecule has 80 valence electrons. The molecular formula is C14H18O. The molecule has 1 aliphatic carbocycles. The molecule has 1 unspecified atom stereocenters. The fraction of sp³-hybridized carbons (Fsp3) is 0.429. The summed E-state index contributed by atoms with van der Waals surface area (Å²) in [5.74, 6) is 0. The molecule has 1 aromatic rings. The van der Waals surface area contributed by atoms with Crippen molar-refractivity contribution in [2.45, 2.75) is 38.7 Å². The number of benzene rings is 1. The quantitative estimate of drug-likeness (QED) is 0.798. The van der Waals surface area contributed by atoms with Crippen LogP contribution in [-0.4, -0.2) is 11.2 Å². The number of hydrogen-bond acceptors (Lipinski definition) is 1. The Bertz CT molecular complexity index is 365. The van der Waals surface area contributed by atoms with Crippen LogP contribution in [0.2, 0.25) is 0 Å². The highest BCUT2D eigenvalue weighted by Gasteiger charge is 2.14. The van der Waals surface area contributed by atoms with E-state index in [2.05, 4.69) is 31.2 Å². The molecule has 0 radical (unpaired) electrons. The molecule has 0 amide bonds. The van der Waals surface area contributed by atoms with Gasteiger partial charge in [0.15, 0.2) is 0 Å². The van der Waals surface area contributed by atoms with Gasteiger partial charge in [0.05, 0.1) is 6.10 Å². The van der Waals surface area contributed by atoms with E-state index in [1.807, 2.05) is 6.08 Å². The van der Waals surface area contributed by atoms with Gasteiger partial charge in [0.25, 0.3) is 0 Å². The first kappa shape index (κ1) is 10.4. The highest BCUT2D eigenvalue weighted by Crippen LogP contribution is 2.28. The number of allylic oxidation sites excluding steroid dienone is 1. The monoisotopic (exact) mass is 202 g/mol. The van der Waals surface area contributed by atoms with E-state index in [9.17, 15) is 5.11 Å². The second-order valence-corrected chi connectivity index (χ2v) is 4.25. The van der Waals surface area contributed by atoms with E-state index in [4.69, 9.17) is 0 Å². The molecule has 0 aliphatic heterocycles. The van der Waals surface area contributed by atoms with E-state index in [0.29, 0.717) is 0 Å². The van der Waals surface area contributed by atoms with E-state index in [1.165, 1.54) is 23.1 Å². The average Bonchev–Trinajstić information content (AvgIpc) is 2.66. The Balaban J connectivity index is 2.21. The lowest BCUT2D eigenvalue weighted by atomic mass is 10.0. The lowest BCUT2D eigenvalue weighted by Gasteiger charge is -2.04. The maximum absolute atomic E-state index is 9.46. The Hall–Kier alpha value is -1.08. The van der Waals surface area contributed by atoms with Crippen LogP contribution in [0, 0.1) is 0 Å². The standard InChI is InChI=1S/C14H18O/c1-2-4-11-5-3-6-12(9-11)13-7-8-14(15)10-13/h3,5-6,9-10,14-15H,2,4,7-8H2,1H3. The lowest BCUT2D eigenvalue weighted by Crippen LogP contribution is -1.93. The zero-order chi connectivity index (χ0) is 10.7. The van der Waals surface area contributed by atoms with E-state index in [0.717, 1.165) is 19.3 Å². The van der Waals surface area contributed by atoms with Gasteiger partial charge >= 0.3 is 0 Å². The average molecular weight is 202 g/mol. The summed E-state index contributed by atoms with van der Waals surface area (Å²) in [6.45, 7) is 2.20. The second-order valence-electron chi connectivity index (χ2n) is 4.25. The molecule has 1 aromatic carbocycles. The van der Waals surface area contributed by atoms with Gasteiger partial charge in [-0.1, -0.05) is 43.7 Å². The first-order valence-electron chi connectivity index (χ1n) is 5.77. The number of aliphatic hydroxyl groups excluding tert-OH is 1. The van der Waals surface area contributed by atoms with Crippen molar-refractivity contribution in [1.82, 2.24) is 0 Å². The summed E-state index contributed by atoms with van der Waals surface area (Å²) in [6, 6.07) is 8.70. The summed E-state index contributed by atoms with van der Waals surface area (Å²) in [7, 11) is 0. The molecule has 0 saturated heterocycles. The largest absolute Gasteiger partial charge is 0.389 e. The maximum Gasteiger partial charge on any atom is 0.0730 e. The smallest absolute Gasteiger partial charge is 0.0730 e. The predicted molar refractivity (Wildman–Crippen MR) is 63.7 cm³/mol. The van der Waals surface area contributed by atoms with Gasteiger partial charge in [0.1, 0.15) is 0 Å². The molecule has 0 heterocycles. The topological polar surface area (TPSA) is 20.2 Å². The fourth-order valence-electron chi connectivity index (χ4n) is 2.16. The van der Waals surface area contributed by atoms with Crippen molar-refractivity contribution in [2.24, 2.45) is 0 Å². The van der Waals surface area contributed by atoms with E-state index >= 15 is 0 Å². The Morgan fingerprint density at radius 2 is 2.27 bits per heavy atom. The van der Waals surface area contributed by atoms with Crippen LogP contribution in [-0.2, 0) is 6.42 Å². The minimum absolute atomic E-state index is 0.227. The number of hydrogen-bond donors (Lipinski definition) is 1. The van der Waals surface area contributed by atoms with Crippen LogP contribution in [0.1, 0.15) is 37.3 Å². The Morgan fingerprint density at radius 1 is 1.40 bits per heavy atom. The lowest BCUT2D eigenvalue weighted by molar-refractivity contribution is 0.223. The summed E-state index contributed by atoms with van der Waals surface area (Å²) >= 11 is 0. The minimum atomic E-state index is -0.227. The highest BCUT2D eigenvalue weighted by atomic mass is 16.3. The molecule has 1 aliphatic rings. The summed E-state index contributed by atoms with van der Waals surface area (Å²) in [5, 5.41) is 9.46. The van der Waals surface area contributed by atoms with E-state index in [1.54, 1.807) is 0 Å². The van der Waals surface area contributed by atoms with Crippen LogP contribution >= 0.6 is 0 Å². The molecule has 0 fully saturated rings. The third-order valence-electron chi connectivity index (χ3n) is 2.94. The van der Waals surface area contributed by atoms with Crippen LogP contribution in [0.4, 0.5) is 0 Å². The van der Waals surface area contributed by atoms with Crippen LogP contribution < -0.4 is 0 Å². The van der Waals surface area contributed by atoms with Gasteiger partial charge in [-0.25, -0.2) is 0 Å². The van der Waals surface area contributed by atoms with Crippen molar-refractivity contribution >= 4 is 5.57 Å². The zero-order valence-electron chi connectivity index (χ0n) is 9.24. The molecular weight excluding hydrogens is 184 g/mol. The predicted octanol–water partition coefficient (Wildman–Crippen LogP) is 3.18. The van der Waals surface area contributed by atoms with Crippen molar-refractivity contribution in [3.8, 4) is 0 Å². The Morgan fingerprint density at radius 3 is 2.93 bits per heavy atom. The summed E-state index contributed by atoms with van der Waals surface area (Å²) in [5.41, 5.74) is 4.00. The van der Waals surface area contributed by atoms with E-state index < -0.39 is 0 Å². The van der Waals surface area contributed by atoms with E-state index in [-0.39, 0.29) is 6.10 Å². The van der Waals surface area contributed by atoms with Gasteiger partial charge in [-0.2, -0.15) is 0 Å². The van der Waals surface area contributed by atoms with Gasteiger partial charge in [0, 0.05) is 0 Å². The summed E-state index contributed by atoms with van der Waals surface area (Å²) in [6.07, 6.45) is 5.99. The minimum Gasteiger partial charge on any atom is -0.389 e. The molecule has 1 heteroatoms. The Kier molecular flexibility index (Phi) is 3.22. The SMILES string of the molecule is CCCc1cccc(C2=CC(O)CC2)c1. The molecule has 1 nitrogen and oxygen atoms in total. The first-order valence-corrected chi connectivity index (χ1v) is 5.77. The van der Waals surface area contributed by atoms with Crippen LogP contribution in [0.3, 0.4) is 0 Å². The van der Waals surface area contributed by atoms with Crippen LogP contribution in [0.15, 0.2) is 30.3 Å². The molecule has 0 bridgehead atoms. The normalized spacial score (nSPS) is 20.4. The summed E-state index contributed by atoms with van der Waals surface area (Å²) < 4.78 is 0. The van der Waals surface area contributed by atoms with Gasteiger partial charge in [-0.15, -0.1) is 0 Å². The third-order valence-corrected chi connectivity index (χ3v) is 2.94. The van der Waals surface area contributed by atoms with Crippen LogP contribution in [0.25, 0.3) is 5.57 Å². The molecule has 1 atom stereocenters. The second kappa shape index (κ2) is 4.63. The molecule has 0 aromatic heterocycles. The number of aliphatic hydroxyl groups is 1.